The van der Waals surface area contributed by atoms with Crippen molar-refractivity contribution >= 4 is 13.8 Å². The molecule has 0 saturated carbocycles. The fourth-order valence-corrected chi connectivity index (χ4v) is 4.67. The van der Waals surface area contributed by atoms with Gasteiger partial charge in [0.2, 0.25) is 5.79 Å². The number of carbonyl (C=O) groups excluding carboxylic acids is 1. The van der Waals surface area contributed by atoms with Crippen LogP contribution in [0.5, 0.6) is 0 Å². The lowest BCUT2D eigenvalue weighted by Crippen LogP contribution is -2.64. The van der Waals surface area contributed by atoms with E-state index in [1.54, 1.807) is 0 Å². The van der Waals surface area contributed by atoms with Crippen LogP contribution in [0, 0.1) is 0 Å². The molecule has 1 aliphatic heterocycles. The summed E-state index contributed by atoms with van der Waals surface area (Å²) in [6, 6.07) is 0. The number of allylic oxidation sites excluding steroid dienone is 12. The van der Waals surface area contributed by atoms with Crippen molar-refractivity contribution in [2.45, 2.75) is 88.5 Å². The summed E-state index contributed by atoms with van der Waals surface area (Å²) >= 11 is 0. The molecule has 0 spiro atoms. The molecule has 13 nitrogen and oxygen atoms in total. The molecular formula is C33H54NO12P. The summed E-state index contributed by atoms with van der Waals surface area (Å²) in [5, 5.41) is 51.8. The summed E-state index contributed by atoms with van der Waals surface area (Å²) in [5.74, 6) is -2.71. The van der Waals surface area contributed by atoms with Crippen LogP contribution in [-0.2, 0) is 27.9 Å². The molecule has 14 heteroatoms. The molecule has 0 aliphatic carbocycles. The molecule has 0 amide bonds. The number of rotatable bonds is 25. The zero-order valence-electron chi connectivity index (χ0n) is 27.2. The molecule has 0 bridgehead atoms. The van der Waals surface area contributed by atoms with Crippen LogP contribution in [0.25, 0.3) is 0 Å². The van der Waals surface area contributed by atoms with Gasteiger partial charge in [0.1, 0.15) is 31.0 Å². The largest absolute Gasteiger partial charge is 0.472 e. The molecule has 0 aromatic rings. The lowest BCUT2D eigenvalue weighted by Gasteiger charge is -2.41. The highest BCUT2D eigenvalue weighted by Gasteiger charge is 2.48. The Kier molecular flexibility index (Phi) is 23.4. The van der Waals surface area contributed by atoms with Crippen LogP contribution < -0.4 is 5.32 Å². The maximum Gasteiger partial charge on any atom is 0.472 e. The van der Waals surface area contributed by atoms with E-state index in [-0.39, 0.29) is 26.1 Å². The number of esters is 1. The average molecular weight is 688 g/mol. The number of phosphoric acid groups is 1. The third kappa shape index (κ3) is 21.4. The van der Waals surface area contributed by atoms with Gasteiger partial charge in [-0.05, 0) is 44.9 Å². The second-order valence-corrected chi connectivity index (χ2v) is 12.2. The van der Waals surface area contributed by atoms with E-state index >= 15 is 0 Å². The quantitative estimate of drug-likeness (QED) is 0.0320. The van der Waals surface area contributed by atoms with Crippen LogP contribution in [0.3, 0.4) is 0 Å². The van der Waals surface area contributed by atoms with Gasteiger partial charge in [-0.15, -0.1) is 0 Å². The van der Waals surface area contributed by atoms with Crippen molar-refractivity contribution in [2.24, 2.45) is 0 Å². The van der Waals surface area contributed by atoms with Crippen LogP contribution in [0.15, 0.2) is 72.9 Å². The van der Waals surface area contributed by atoms with Crippen molar-refractivity contribution in [1.29, 1.82) is 0 Å². The molecule has 268 valence electrons. The maximum atomic E-state index is 12.0. The number of nitrogens with one attached hydrogen (secondary N) is 1. The van der Waals surface area contributed by atoms with E-state index in [9.17, 15) is 39.8 Å². The predicted octanol–water partition coefficient (Wildman–Crippen LogP) is 2.89. The van der Waals surface area contributed by atoms with Gasteiger partial charge in [-0.25, -0.2) is 4.57 Å². The van der Waals surface area contributed by atoms with Gasteiger partial charge in [-0.1, -0.05) is 79.8 Å². The first kappa shape index (κ1) is 42.8. The lowest BCUT2D eigenvalue weighted by molar-refractivity contribution is -0.317. The Bertz CT molecular complexity index is 1080. The van der Waals surface area contributed by atoms with E-state index < -0.39 is 63.8 Å². The van der Waals surface area contributed by atoms with Gasteiger partial charge in [0.05, 0.1) is 26.4 Å². The van der Waals surface area contributed by atoms with Gasteiger partial charge >= 0.3 is 13.8 Å². The summed E-state index contributed by atoms with van der Waals surface area (Å²) in [4.78, 5) is 21.6. The lowest BCUT2D eigenvalue weighted by atomic mass is 9.97. The molecule has 47 heavy (non-hydrogen) atoms. The third-order valence-corrected chi connectivity index (χ3v) is 7.56. The molecule has 1 rings (SSSR count). The molecule has 1 fully saturated rings. The fraction of sp³-hybridized carbons (Fsp3) is 0.606. The molecule has 1 unspecified atom stereocenters. The summed E-state index contributed by atoms with van der Waals surface area (Å²) in [5.41, 5.74) is 0. The van der Waals surface area contributed by atoms with Crippen molar-refractivity contribution in [3.05, 3.63) is 72.9 Å². The predicted molar refractivity (Wildman–Crippen MR) is 178 cm³/mol. The molecule has 1 heterocycles. The number of carbonyl (C=O) groups is 1. The summed E-state index contributed by atoms with van der Waals surface area (Å²) < 4.78 is 31.4. The van der Waals surface area contributed by atoms with E-state index in [4.69, 9.17) is 18.5 Å². The summed E-state index contributed by atoms with van der Waals surface area (Å²) in [6.45, 7) is -0.128. The molecule has 7 N–H and O–H groups in total. The first-order valence-electron chi connectivity index (χ1n) is 16.0. The third-order valence-electron chi connectivity index (χ3n) is 6.57. The zero-order chi connectivity index (χ0) is 34.8. The fourth-order valence-electron chi connectivity index (χ4n) is 3.91. The normalized spacial score (nSPS) is 24.4. The van der Waals surface area contributed by atoms with Crippen LogP contribution in [0.4, 0.5) is 0 Å². The van der Waals surface area contributed by atoms with E-state index in [2.05, 4.69) is 66.9 Å². The minimum Gasteiger partial charge on any atom is -0.463 e. The second-order valence-electron chi connectivity index (χ2n) is 10.7. The van der Waals surface area contributed by atoms with Gasteiger partial charge < -0.3 is 45.2 Å². The number of hydrogen-bond donors (Lipinski definition) is 7. The molecule has 0 aromatic heterocycles. The Morgan fingerprint density at radius 3 is 1.98 bits per heavy atom. The number of aliphatic hydroxyl groups excluding tert-OH is 4. The van der Waals surface area contributed by atoms with Crippen molar-refractivity contribution < 1.29 is 58.3 Å². The molecule has 6 atom stereocenters. The highest BCUT2D eigenvalue weighted by atomic mass is 31.2. The minimum atomic E-state index is -4.54. The van der Waals surface area contributed by atoms with Gasteiger partial charge in [0.15, 0.2) is 0 Å². The number of aliphatic hydroxyl groups is 5. The van der Waals surface area contributed by atoms with Crippen molar-refractivity contribution in [1.82, 2.24) is 5.32 Å². The van der Waals surface area contributed by atoms with Crippen molar-refractivity contribution in [3.63, 3.8) is 0 Å². The Balaban J connectivity index is 2.06. The summed E-state index contributed by atoms with van der Waals surface area (Å²) in [7, 11) is -4.54. The van der Waals surface area contributed by atoms with Gasteiger partial charge in [0.25, 0.3) is 0 Å². The molecular weight excluding hydrogens is 633 g/mol. The van der Waals surface area contributed by atoms with Crippen LogP contribution in [0.1, 0.15) is 58.3 Å². The van der Waals surface area contributed by atoms with Gasteiger partial charge in [-0.3, -0.25) is 13.8 Å². The SMILES string of the molecule is CC/C=C\C/C=C\C/C=C\C/C=C\C/C=C\C/C=C\CCC(=O)OC[C@@H](O)COP(=O)(O)OCCNC[C@@]1(O)OC[C@@H](O)[C@@H](O)[C@@H]1O. The van der Waals surface area contributed by atoms with Gasteiger partial charge in [0, 0.05) is 13.0 Å². The molecule has 0 aromatic carbocycles. The minimum absolute atomic E-state index is 0.0815. The standard InChI is InChI=1S/C33H54NO12P/c1-2-3-4-5-6-7-8-9-10-11-12-13-14-15-16-17-18-19-20-21-30(37)43-24-28(35)25-46-47(41,42)45-23-22-34-27-33(40)32(39)31(38)29(36)26-44-33/h3-4,6-7,9-10,12-13,15-16,18-19,28-29,31-32,34-36,38-40H,2,5,8,11,14,17,20-27H2,1H3,(H,41,42)/b4-3-,7-6-,10-9-,13-12-,16-15-,19-18-/t28-,29-,31-,32+,33-/m1/s1. The van der Waals surface area contributed by atoms with E-state index in [0.717, 1.165) is 38.5 Å². The molecule has 1 saturated heterocycles. The maximum absolute atomic E-state index is 12.0. The van der Waals surface area contributed by atoms with Crippen LogP contribution in [0.2, 0.25) is 0 Å². The van der Waals surface area contributed by atoms with E-state index in [1.165, 1.54) is 0 Å². The van der Waals surface area contributed by atoms with E-state index in [1.807, 2.05) is 18.2 Å². The topological polar surface area (TPSA) is 204 Å². The summed E-state index contributed by atoms with van der Waals surface area (Å²) in [6.07, 6.45) is 25.2. The zero-order valence-corrected chi connectivity index (χ0v) is 28.1. The average Bonchev–Trinajstić information content (AvgIpc) is 3.04. The smallest absolute Gasteiger partial charge is 0.463 e. The number of ether oxygens (including phenoxy) is 2. The Morgan fingerprint density at radius 2 is 1.43 bits per heavy atom. The second kappa shape index (κ2) is 25.7. The first-order chi connectivity index (χ1) is 22.5. The molecule has 1 aliphatic rings. The highest BCUT2D eigenvalue weighted by molar-refractivity contribution is 7.47. The monoisotopic (exact) mass is 687 g/mol. The van der Waals surface area contributed by atoms with Crippen LogP contribution >= 0.6 is 7.82 Å². The number of hydrogen-bond acceptors (Lipinski definition) is 12. The first-order valence-corrected chi connectivity index (χ1v) is 17.5. The molecule has 0 radical (unpaired) electrons. The Morgan fingerprint density at radius 1 is 0.894 bits per heavy atom. The van der Waals surface area contributed by atoms with Crippen LogP contribution in [-0.4, -0.2) is 106 Å². The van der Waals surface area contributed by atoms with Crippen molar-refractivity contribution in [2.75, 3.05) is 39.5 Å². The highest BCUT2D eigenvalue weighted by Crippen LogP contribution is 2.42. The Labute approximate surface area is 278 Å². The van der Waals surface area contributed by atoms with Gasteiger partial charge in [-0.2, -0.15) is 0 Å². The number of phosphoric ester groups is 1. The van der Waals surface area contributed by atoms with E-state index in [0.29, 0.717) is 6.42 Å². The Hall–Kier alpha value is -2.26. The van der Waals surface area contributed by atoms with Crippen molar-refractivity contribution in [3.8, 4) is 0 Å².